The smallest absolute Gasteiger partial charge is 0.274 e. The number of carbonyl (C=O) groups is 1. The summed E-state index contributed by atoms with van der Waals surface area (Å²) in [5.41, 5.74) is 4.75. The minimum absolute atomic E-state index is 0.0955. The minimum atomic E-state index is -0.385. The van der Waals surface area contributed by atoms with Crippen molar-refractivity contribution in [3.8, 4) is 34.1 Å². The van der Waals surface area contributed by atoms with Crippen molar-refractivity contribution in [1.82, 2.24) is 20.9 Å². The van der Waals surface area contributed by atoms with E-state index in [1.807, 2.05) is 79.7 Å². The Hall–Kier alpha value is -5.15. The lowest BCUT2D eigenvalue weighted by Gasteiger charge is -2.19. The Kier molecular flexibility index (Phi) is 10.4. The quantitative estimate of drug-likeness (QED) is 0.0943. The van der Waals surface area contributed by atoms with Crippen LogP contribution in [-0.2, 0) is 19.8 Å². The zero-order valence-corrected chi connectivity index (χ0v) is 25.8. The highest BCUT2D eigenvalue weighted by molar-refractivity contribution is 6.01. The van der Waals surface area contributed by atoms with Crippen molar-refractivity contribution in [2.75, 3.05) is 13.1 Å². The molecule has 0 spiro atoms. The lowest BCUT2D eigenvalue weighted by molar-refractivity contribution is 0.0947. The van der Waals surface area contributed by atoms with E-state index in [0.717, 1.165) is 16.7 Å². The number of amides is 1. The van der Waals surface area contributed by atoms with E-state index in [1.54, 1.807) is 12.1 Å². The first kappa shape index (κ1) is 31.3. The van der Waals surface area contributed by atoms with Gasteiger partial charge in [0.15, 0.2) is 17.2 Å². The summed E-state index contributed by atoms with van der Waals surface area (Å²) >= 11 is 0. The first-order chi connectivity index (χ1) is 22.0. The minimum Gasteiger partial charge on any atom is -0.488 e. The molecule has 0 aliphatic carbocycles. The van der Waals surface area contributed by atoms with Crippen molar-refractivity contribution >= 4 is 5.91 Å². The molecule has 9 nitrogen and oxygen atoms in total. The monoisotopic (exact) mass is 606 g/mol. The molecule has 232 valence electrons. The average Bonchev–Trinajstić information content (AvgIpc) is 3.71. The predicted octanol–water partition coefficient (Wildman–Crippen LogP) is 7.30. The number of nitrogens with zero attached hydrogens (tertiary/aromatic N) is 2. The molecule has 2 aromatic heterocycles. The molecule has 2 heterocycles. The zero-order chi connectivity index (χ0) is 31.6. The Morgan fingerprint density at radius 2 is 1.58 bits per heavy atom. The molecule has 5 rings (SSSR count). The molecule has 45 heavy (non-hydrogen) atoms. The number of hydrogen-bond acceptors (Lipinski definition) is 8. The van der Waals surface area contributed by atoms with Crippen LogP contribution in [0, 0.1) is 0 Å². The Labute approximate surface area is 263 Å². The third-order valence-electron chi connectivity index (χ3n) is 7.10. The maximum absolute atomic E-state index is 13.2. The fraction of sp³-hybridized carbons (Fsp3) is 0.250. The number of aromatic nitrogens is 2. The van der Waals surface area contributed by atoms with Crippen LogP contribution in [0.15, 0.2) is 101 Å². The maximum Gasteiger partial charge on any atom is 0.274 e. The van der Waals surface area contributed by atoms with Crippen LogP contribution in [0.3, 0.4) is 0 Å². The predicted molar refractivity (Wildman–Crippen MR) is 173 cm³/mol. The second-order valence-corrected chi connectivity index (χ2v) is 10.8. The molecule has 0 saturated heterocycles. The van der Waals surface area contributed by atoms with Crippen molar-refractivity contribution in [1.29, 1.82) is 0 Å². The lowest BCUT2D eigenvalue weighted by Crippen LogP contribution is -2.23. The van der Waals surface area contributed by atoms with E-state index in [0.29, 0.717) is 72.7 Å². The summed E-state index contributed by atoms with van der Waals surface area (Å²) in [6, 6.07) is 25.6. The van der Waals surface area contributed by atoms with Crippen molar-refractivity contribution in [2.45, 2.75) is 46.4 Å². The van der Waals surface area contributed by atoms with Crippen molar-refractivity contribution < 1.29 is 23.3 Å². The summed E-state index contributed by atoms with van der Waals surface area (Å²) in [6.07, 6.45) is 1.77. The third-order valence-corrected chi connectivity index (χ3v) is 7.10. The number of carbonyl (C=O) groups excluding carboxylic acids is 1. The van der Waals surface area contributed by atoms with Crippen molar-refractivity contribution in [3.05, 3.63) is 120 Å². The second kappa shape index (κ2) is 15.0. The molecule has 9 heteroatoms. The van der Waals surface area contributed by atoms with Crippen LogP contribution in [0.1, 0.15) is 59.6 Å². The molecule has 0 saturated carbocycles. The first-order valence-electron chi connectivity index (χ1n) is 15.1. The van der Waals surface area contributed by atoms with E-state index in [-0.39, 0.29) is 17.5 Å². The van der Waals surface area contributed by atoms with Crippen molar-refractivity contribution in [3.63, 3.8) is 0 Å². The molecule has 5 aromatic rings. The maximum atomic E-state index is 13.2. The van der Waals surface area contributed by atoms with Crippen LogP contribution in [0.5, 0.6) is 11.5 Å². The number of hydrogen-bond donors (Lipinski definition) is 2. The van der Waals surface area contributed by atoms with Gasteiger partial charge in [0.25, 0.3) is 5.91 Å². The number of benzene rings is 3. The Morgan fingerprint density at radius 1 is 0.911 bits per heavy atom. The number of rotatable bonds is 15. The van der Waals surface area contributed by atoms with E-state index < -0.39 is 0 Å². The summed E-state index contributed by atoms with van der Waals surface area (Å²) in [6.45, 7) is 12.0. The van der Waals surface area contributed by atoms with Crippen LogP contribution < -0.4 is 20.1 Å². The summed E-state index contributed by atoms with van der Waals surface area (Å²) in [5.74, 6) is 1.60. The van der Waals surface area contributed by atoms with E-state index in [2.05, 4.69) is 41.4 Å². The average molecular weight is 607 g/mol. The highest BCUT2D eigenvalue weighted by Crippen LogP contribution is 2.44. The molecule has 0 fully saturated rings. The van der Waals surface area contributed by atoms with Gasteiger partial charge >= 0.3 is 0 Å². The Balaban J connectivity index is 1.62. The van der Waals surface area contributed by atoms with Gasteiger partial charge in [0, 0.05) is 31.8 Å². The summed E-state index contributed by atoms with van der Waals surface area (Å²) in [4.78, 5) is 13.2. The van der Waals surface area contributed by atoms with Gasteiger partial charge in [0.2, 0.25) is 0 Å². The Bertz CT molecular complexity index is 1710. The molecule has 3 aromatic carbocycles. The van der Waals surface area contributed by atoms with E-state index in [1.165, 1.54) is 0 Å². The van der Waals surface area contributed by atoms with Gasteiger partial charge in [-0.05, 0) is 35.6 Å². The van der Waals surface area contributed by atoms with Crippen LogP contribution in [0.2, 0.25) is 0 Å². The molecule has 0 unspecified atom stereocenters. The van der Waals surface area contributed by atoms with Gasteiger partial charge in [-0.15, -0.1) is 6.58 Å². The van der Waals surface area contributed by atoms with Crippen LogP contribution in [-0.4, -0.2) is 29.3 Å². The molecular formula is C36H38N4O5. The highest BCUT2D eigenvalue weighted by Gasteiger charge is 2.30. The second-order valence-electron chi connectivity index (χ2n) is 10.8. The zero-order valence-electron chi connectivity index (χ0n) is 25.8. The largest absolute Gasteiger partial charge is 0.488 e. The molecule has 0 radical (unpaired) electrons. The molecule has 1 amide bonds. The molecule has 2 N–H and O–H groups in total. The fourth-order valence-electron chi connectivity index (χ4n) is 4.84. The topological polar surface area (TPSA) is 112 Å². The fourth-order valence-corrected chi connectivity index (χ4v) is 4.84. The van der Waals surface area contributed by atoms with E-state index in [9.17, 15) is 4.79 Å². The van der Waals surface area contributed by atoms with Gasteiger partial charge in [-0.25, -0.2) is 0 Å². The van der Waals surface area contributed by atoms with Gasteiger partial charge < -0.3 is 29.2 Å². The van der Waals surface area contributed by atoms with Gasteiger partial charge in [0.1, 0.15) is 30.3 Å². The first-order valence-corrected chi connectivity index (χ1v) is 15.1. The van der Waals surface area contributed by atoms with Gasteiger partial charge in [-0.1, -0.05) is 90.9 Å². The normalized spacial score (nSPS) is 11.0. The van der Waals surface area contributed by atoms with E-state index in [4.69, 9.17) is 18.5 Å². The van der Waals surface area contributed by atoms with Gasteiger partial charge in [0.05, 0.1) is 11.3 Å². The lowest BCUT2D eigenvalue weighted by atomic mass is 9.95. The highest BCUT2D eigenvalue weighted by atomic mass is 16.5. The number of nitrogens with one attached hydrogen (secondary N) is 2. The summed E-state index contributed by atoms with van der Waals surface area (Å²) < 4.78 is 24.6. The standard InChI is InChI=1S/C36H38N4O5/c1-5-17-37-21-27-18-32(44-39-27)33-34(36(41)38-6-2)40-45-35(33)29-19-28(24(3)4)30(42-22-25-13-9-7-10-14-25)20-31(29)43-23-26-15-11-8-12-16-26/h5,7-16,18-20,24,37H,1,6,17,21-23H2,2-4H3,(H,38,41). The molecule has 0 aliphatic rings. The Morgan fingerprint density at radius 3 is 2.20 bits per heavy atom. The third kappa shape index (κ3) is 7.69. The summed E-state index contributed by atoms with van der Waals surface area (Å²) in [7, 11) is 0. The SMILES string of the molecule is C=CCNCc1cc(-c2c(C(=O)NCC)noc2-c2cc(C(C)C)c(OCc3ccccc3)cc2OCc2ccccc2)on1. The molecule has 0 bridgehead atoms. The van der Waals surface area contributed by atoms with Crippen LogP contribution in [0.4, 0.5) is 0 Å². The molecular weight excluding hydrogens is 568 g/mol. The van der Waals surface area contributed by atoms with Gasteiger partial charge in [-0.2, -0.15) is 0 Å². The van der Waals surface area contributed by atoms with E-state index >= 15 is 0 Å². The molecule has 0 atom stereocenters. The van der Waals surface area contributed by atoms with Crippen LogP contribution >= 0.6 is 0 Å². The van der Waals surface area contributed by atoms with Gasteiger partial charge in [-0.3, -0.25) is 4.79 Å². The van der Waals surface area contributed by atoms with Crippen LogP contribution in [0.25, 0.3) is 22.6 Å². The van der Waals surface area contributed by atoms with Crippen molar-refractivity contribution in [2.24, 2.45) is 0 Å². The summed E-state index contributed by atoms with van der Waals surface area (Å²) in [5, 5.41) is 14.5. The molecule has 0 aliphatic heterocycles. The number of ether oxygens (including phenoxy) is 2.